The molecule has 2 aromatic carbocycles. The molecular weight excluding hydrogens is 366 g/mol. The van der Waals surface area contributed by atoms with Gasteiger partial charge in [-0.05, 0) is 37.6 Å². The molecule has 2 aromatic rings. The van der Waals surface area contributed by atoms with Crippen LogP contribution in [-0.4, -0.2) is 27.4 Å². The van der Waals surface area contributed by atoms with Crippen molar-refractivity contribution >= 4 is 21.6 Å². The number of unbranched alkanes of at least 4 members (excludes halogenated alkanes) is 1. The summed E-state index contributed by atoms with van der Waals surface area (Å²) in [7, 11) is -4.12. The standard InChI is InChI=1S/C19H25N3O4S/c1-3-5-11-22-16-12-14(19(23)21-4-2)13-17(27(20,24)25)18(16)26-15-9-7-6-8-10-15/h6-10,12-13,22H,3-5,11H2,1-2H3,(H,21,23)(H2,20,24,25). The van der Waals surface area contributed by atoms with Crippen molar-refractivity contribution < 1.29 is 17.9 Å². The van der Waals surface area contributed by atoms with Crippen molar-refractivity contribution in [3.05, 3.63) is 48.0 Å². The van der Waals surface area contributed by atoms with Crippen LogP contribution in [0.1, 0.15) is 37.0 Å². The number of primary sulfonamides is 1. The van der Waals surface area contributed by atoms with E-state index in [1.54, 1.807) is 37.3 Å². The first-order valence-corrected chi connectivity index (χ1v) is 10.4. The molecule has 0 atom stereocenters. The Hall–Kier alpha value is -2.58. The van der Waals surface area contributed by atoms with E-state index in [4.69, 9.17) is 9.88 Å². The molecule has 8 heteroatoms. The van der Waals surface area contributed by atoms with E-state index in [0.29, 0.717) is 24.5 Å². The summed E-state index contributed by atoms with van der Waals surface area (Å²) >= 11 is 0. The lowest BCUT2D eigenvalue weighted by Crippen LogP contribution is -2.24. The van der Waals surface area contributed by atoms with Gasteiger partial charge in [0, 0.05) is 18.7 Å². The molecule has 0 radical (unpaired) electrons. The molecule has 0 saturated carbocycles. The molecule has 27 heavy (non-hydrogen) atoms. The van der Waals surface area contributed by atoms with Crippen LogP contribution >= 0.6 is 0 Å². The molecule has 7 nitrogen and oxygen atoms in total. The summed E-state index contributed by atoms with van der Waals surface area (Å²) < 4.78 is 30.2. The maximum Gasteiger partial charge on any atom is 0.251 e. The predicted octanol–water partition coefficient (Wildman–Crippen LogP) is 3.09. The number of para-hydroxylation sites is 1. The third-order valence-corrected chi connectivity index (χ3v) is 4.69. The lowest BCUT2D eigenvalue weighted by atomic mass is 10.1. The van der Waals surface area contributed by atoms with Crippen LogP contribution in [0.4, 0.5) is 5.69 Å². The summed E-state index contributed by atoms with van der Waals surface area (Å²) in [6, 6.07) is 11.6. The van der Waals surface area contributed by atoms with Gasteiger partial charge in [-0.15, -0.1) is 0 Å². The van der Waals surface area contributed by atoms with Crippen LogP contribution in [0.15, 0.2) is 47.4 Å². The average Bonchev–Trinajstić information content (AvgIpc) is 2.63. The third-order valence-electron chi connectivity index (χ3n) is 3.77. The zero-order chi connectivity index (χ0) is 19.9. The van der Waals surface area contributed by atoms with Crippen LogP contribution in [0.3, 0.4) is 0 Å². The Labute approximate surface area is 160 Å². The average molecular weight is 391 g/mol. The van der Waals surface area contributed by atoms with Gasteiger partial charge in [-0.3, -0.25) is 4.79 Å². The van der Waals surface area contributed by atoms with Gasteiger partial charge in [0.05, 0.1) is 5.69 Å². The fourth-order valence-corrected chi connectivity index (χ4v) is 3.15. The Morgan fingerprint density at radius 3 is 2.44 bits per heavy atom. The van der Waals surface area contributed by atoms with Gasteiger partial charge in [0.2, 0.25) is 10.0 Å². The second-order valence-corrected chi connectivity index (χ2v) is 7.48. The van der Waals surface area contributed by atoms with Crippen LogP contribution in [0.2, 0.25) is 0 Å². The van der Waals surface area contributed by atoms with Crippen molar-refractivity contribution in [2.45, 2.75) is 31.6 Å². The van der Waals surface area contributed by atoms with Crippen molar-refractivity contribution in [1.29, 1.82) is 0 Å². The van der Waals surface area contributed by atoms with Crippen molar-refractivity contribution in [1.82, 2.24) is 5.32 Å². The highest BCUT2D eigenvalue weighted by atomic mass is 32.2. The normalized spacial score (nSPS) is 11.1. The second kappa shape index (κ2) is 9.38. The minimum Gasteiger partial charge on any atom is -0.454 e. The number of sulfonamides is 1. The number of anilines is 1. The maximum atomic E-state index is 12.3. The number of nitrogens with two attached hydrogens (primary N) is 1. The number of carbonyl (C=O) groups is 1. The van der Waals surface area contributed by atoms with E-state index < -0.39 is 10.0 Å². The number of carbonyl (C=O) groups excluding carboxylic acids is 1. The summed E-state index contributed by atoms with van der Waals surface area (Å²) in [5, 5.41) is 11.2. The van der Waals surface area contributed by atoms with Gasteiger partial charge in [-0.1, -0.05) is 31.5 Å². The minimum absolute atomic E-state index is 0.0767. The van der Waals surface area contributed by atoms with Gasteiger partial charge in [0.1, 0.15) is 10.6 Å². The molecule has 146 valence electrons. The second-order valence-electron chi connectivity index (χ2n) is 5.95. The molecule has 0 fully saturated rings. The number of ether oxygens (including phenoxy) is 1. The van der Waals surface area contributed by atoms with Gasteiger partial charge in [0.15, 0.2) is 5.75 Å². The Balaban J connectivity index is 2.59. The Bertz CT molecular complexity index is 883. The zero-order valence-electron chi connectivity index (χ0n) is 15.5. The van der Waals surface area contributed by atoms with E-state index in [2.05, 4.69) is 10.6 Å². The molecular formula is C19H25N3O4S. The summed E-state index contributed by atoms with van der Waals surface area (Å²) in [6.45, 7) is 4.85. The number of hydrogen-bond acceptors (Lipinski definition) is 5. The Morgan fingerprint density at radius 2 is 1.85 bits per heavy atom. The quantitative estimate of drug-likeness (QED) is 0.569. The molecule has 0 aliphatic rings. The van der Waals surface area contributed by atoms with E-state index >= 15 is 0 Å². The number of benzene rings is 2. The molecule has 4 N–H and O–H groups in total. The minimum atomic E-state index is -4.12. The largest absolute Gasteiger partial charge is 0.454 e. The molecule has 0 aliphatic heterocycles. The molecule has 0 bridgehead atoms. The fraction of sp³-hybridized carbons (Fsp3) is 0.316. The lowest BCUT2D eigenvalue weighted by Gasteiger charge is -2.18. The first-order valence-electron chi connectivity index (χ1n) is 8.82. The summed E-state index contributed by atoms with van der Waals surface area (Å²) in [5.74, 6) is 0.159. The molecule has 0 unspecified atom stereocenters. The fourth-order valence-electron chi connectivity index (χ4n) is 2.45. The highest BCUT2D eigenvalue weighted by molar-refractivity contribution is 7.89. The van der Waals surface area contributed by atoms with Crippen molar-refractivity contribution in [3.8, 4) is 11.5 Å². The topological polar surface area (TPSA) is 111 Å². The number of amides is 1. The Morgan fingerprint density at radius 1 is 1.15 bits per heavy atom. The van der Waals surface area contributed by atoms with Crippen LogP contribution in [-0.2, 0) is 10.0 Å². The maximum absolute atomic E-state index is 12.3. The van der Waals surface area contributed by atoms with Crippen LogP contribution in [0.5, 0.6) is 11.5 Å². The van der Waals surface area contributed by atoms with Crippen LogP contribution in [0.25, 0.3) is 0 Å². The molecule has 2 rings (SSSR count). The van der Waals surface area contributed by atoms with E-state index in [-0.39, 0.29) is 22.1 Å². The highest BCUT2D eigenvalue weighted by Gasteiger charge is 2.23. The van der Waals surface area contributed by atoms with Crippen molar-refractivity contribution in [2.75, 3.05) is 18.4 Å². The molecule has 0 spiro atoms. The lowest BCUT2D eigenvalue weighted by molar-refractivity contribution is 0.0955. The van der Waals surface area contributed by atoms with Crippen LogP contribution in [0, 0.1) is 0 Å². The number of hydrogen-bond donors (Lipinski definition) is 3. The van der Waals surface area contributed by atoms with Crippen molar-refractivity contribution in [2.24, 2.45) is 5.14 Å². The first-order chi connectivity index (χ1) is 12.9. The van der Waals surface area contributed by atoms with Gasteiger partial charge in [0.25, 0.3) is 5.91 Å². The number of rotatable bonds is 9. The summed E-state index contributed by atoms with van der Waals surface area (Å²) in [5.41, 5.74) is 0.598. The van der Waals surface area contributed by atoms with E-state index in [1.807, 2.05) is 13.0 Å². The summed E-state index contributed by atoms with van der Waals surface area (Å²) in [4.78, 5) is 12.0. The smallest absolute Gasteiger partial charge is 0.251 e. The SMILES string of the molecule is CCCCNc1cc(C(=O)NCC)cc(S(N)(=O)=O)c1Oc1ccccc1. The highest BCUT2D eigenvalue weighted by Crippen LogP contribution is 2.37. The van der Waals surface area contributed by atoms with Crippen molar-refractivity contribution in [3.63, 3.8) is 0 Å². The zero-order valence-corrected chi connectivity index (χ0v) is 16.3. The Kier molecular flexibility index (Phi) is 7.20. The van der Waals surface area contributed by atoms with Crippen LogP contribution < -0.4 is 20.5 Å². The number of nitrogens with one attached hydrogen (secondary N) is 2. The molecule has 0 saturated heterocycles. The van der Waals surface area contributed by atoms with E-state index in [0.717, 1.165) is 12.8 Å². The summed E-state index contributed by atoms with van der Waals surface area (Å²) in [6.07, 6.45) is 1.83. The van der Waals surface area contributed by atoms with Gasteiger partial charge in [-0.2, -0.15) is 0 Å². The molecule has 0 aromatic heterocycles. The van der Waals surface area contributed by atoms with Gasteiger partial charge in [-0.25, -0.2) is 13.6 Å². The molecule has 1 amide bonds. The van der Waals surface area contributed by atoms with E-state index in [1.165, 1.54) is 6.07 Å². The third kappa shape index (κ3) is 5.70. The van der Waals surface area contributed by atoms with Gasteiger partial charge < -0.3 is 15.4 Å². The monoisotopic (exact) mass is 391 g/mol. The van der Waals surface area contributed by atoms with E-state index in [9.17, 15) is 13.2 Å². The molecule has 0 heterocycles. The van der Waals surface area contributed by atoms with Gasteiger partial charge >= 0.3 is 0 Å². The predicted molar refractivity (Wildman–Crippen MR) is 106 cm³/mol. The molecule has 0 aliphatic carbocycles. The first kappa shape index (κ1) is 20.7.